The fourth-order valence-electron chi connectivity index (χ4n) is 1.56. The fraction of sp³-hybridized carbons (Fsp3) is 0.364. The number of hydrogen-bond acceptors (Lipinski definition) is 4. The van der Waals surface area contributed by atoms with Gasteiger partial charge in [-0.05, 0) is 31.4 Å². The molecule has 16 heavy (non-hydrogen) atoms. The summed E-state index contributed by atoms with van der Waals surface area (Å²) in [6.45, 7) is 4.53. The molecule has 0 atom stereocenters. The van der Waals surface area contributed by atoms with Crippen molar-refractivity contribution in [3.8, 4) is 0 Å². The zero-order valence-corrected chi connectivity index (χ0v) is 9.34. The second-order valence-corrected chi connectivity index (χ2v) is 4.52. The third-order valence-electron chi connectivity index (χ3n) is 2.40. The highest BCUT2D eigenvalue weighted by atomic mass is 16.5. The second kappa shape index (κ2) is 3.92. The average Bonchev–Trinajstić information content (AvgIpc) is 2.59. The summed E-state index contributed by atoms with van der Waals surface area (Å²) in [4.78, 5) is 4.42. The maximum Gasteiger partial charge on any atom is 0.488 e. The van der Waals surface area contributed by atoms with Crippen molar-refractivity contribution in [2.75, 3.05) is 6.61 Å². The van der Waals surface area contributed by atoms with Crippen LogP contribution >= 0.6 is 0 Å². The molecule has 0 amide bonds. The first-order chi connectivity index (χ1) is 7.48. The van der Waals surface area contributed by atoms with Gasteiger partial charge in [-0.25, -0.2) is 4.99 Å². The molecule has 1 aliphatic heterocycles. The third kappa shape index (κ3) is 2.26. The topological polar surface area (TPSA) is 62.0 Å². The Morgan fingerprint density at radius 3 is 2.69 bits per heavy atom. The lowest BCUT2D eigenvalue weighted by Gasteiger charge is -2.07. The Labute approximate surface area is 94.7 Å². The standard InChI is InChI=1S/C11H14BNO3/c1-11(2)7-16-10(13-11)8-4-3-5-9(6-8)12(14)15/h3-6,14-15H,7H2,1-2H3. The molecule has 1 aromatic rings. The van der Waals surface area contributed by atoms with Crippen LogP contribution in [0.15, 0.2) is 29.3 Å². The van der Waals surface area contributed by atoms with E-state index in [-0.39, 0.29) is 5.54 Å². The zero-order valence-electron chi connectivity index (χ0n) is 9.34. The minimum Gasteiger partial charge on any atom is -0.475 e. The van der Waals surface area contributed by atoms with E-state index in [2.05, 4.69) is 4.99 Å². The van der Waals surface area contributed by atoms with Gasteiger partial charge in [0, 0.05) is 5.56 Å². The van der Waals surface area contributed by atoms with E-state index >= 15 is 0 Å². The highest BCUT2D eigenvalue weighted by Gasteiger charge is 2.27. The molecule has 0 unspecified atom stereocenters. The molecule has 5 heteroatoms. The van der Waals surface area contributed by atoms with Crippen LogP contribution < -0.4 is 5.46 Å². The maximum atomic E-state index is 9.07. The monoisotopic (exact) mass is 219 g/mol. The minimum atomic E-state index is -1.46. The largest absolute Gasteiger partial charge is 0.488 e. The van der Waals surface area contributed by atoms with Crippen LogP contribution in [0.25, 0.3) is 0 Å². The van der Waals surface area contributed by atoms with E-state index in [0.717, 1.165) is 5.56 Å². The predicted molar refractivity (Wildman–Crippen MR) is 62.8 cm³/mol. The molecule has 1 heterocycles. The Kier molecular flexibility index (Phi) is 2.74. The van der Waals surface area contributed by atoms with E-state index in [1.807, 2.05) is 19.9 Å². The van der Waals surface area contributed by atoms with Gasteiger partial charge in [0.05, 0.1) is 5.54 Å². The molecule has 1 aliphatic rings. The number of rotatable bonds is 2. The third-order valence-corrected chi connectivity index (χ3v) is 2.40. The van der Waals surface area contributed by atoms with E-state index in [4.69, 9.17) is 14.8 Å². The highest BCUT2D eigenvalue weighted by molar-refractivity contribution is 6.58. The van der Waals surface area contributed by atoms with Gasteiger partial charge in [0.25, 0.3) is 0 Å². The normalized spacial score (nSPS) is 17.9. The van der Waals surface area contributed by atoms with Gasteiger partial charge in [-0.2, -0.15) is 0 Å². The van der Waals surface area contributed by atoms with Gasteiger partial charge >= 0.3 is 7.12 Å². The summed E-state index contributed by atoms with van der Waals surface area (Å²) in [6, 6.07) is 6.91. The molecule has 0 radical (unpaired) electrons. The highest BCUT2D eigenvalue weighted by Crippen LogP contribution is 2.20. The molecule has 2 rings (SSSR count). The van der Waals surface area contributed by atoms with E-state index in [1.54, 1.807) is 18.2 Å². The predicted octanol–water partition coefficient (Wildman–Crippen LogP) is -0.0782. The molecule has 0 spiro atoms. The molecule has 4 nitrogen and oxygen atoms in total. The van der Waals surface area contributed by atoms with E-state index in [9.17, 15) is 0 Å². The zero-order chi connectivity index (χ0) is 11.8. The molecule has 0 aliphatic carbocycles. The summed E-state index contributed by atoms with van der Waals surface area (Å²) in [5.74, 6) is 0.563. The molecule has 0 saturated carbocycles. The first kappa shape index (κ1) is 11.2. The summed E-state index contributed by atoms with van der Waals surface area (Å²) in [5, 5.41) is 18.1. The van der Waals surface area contributed by atoms with Crippen molar-refractivity contribution in [2.24, 2.45) is 4.99 Å². The van der Waals surface area contributed by atoms with Gasteiger partial charge in [-0.3, -0.25) is 0 Å². The van der Waals surface area contributed by atoms with Crippen molar-refractivity contribution in [3.05, 3.63) is 29.8 Å². The van der Waals surface area contributed by atoms with Crippen LogP contribution in [0.2, 0.25) is 0 Å². The Morgan fingerprint density at radius 2 is 2.12 bits per heavy atom. The van der Waals surface area contributed by atoms with Crippen LogP contribution in [-0.2, 0) is 4.74 Å². The van der Waals surface area contributed by atoms with Crippen molar-refractivity contribution in [3.63, 3.8) is 0 Å². The van der Waals surface area contributed by atoms with Gasteiger partial charge in [-0.15, -0.1) is 0 Å². The van der Waals surface area contributed by atoms with E-state index < -0.39 is 7.12 Å². The summed E-state index contributed by atoms with van der Waals surface area (Å²) >= 11 is 0. The van der Waals surface area contributed by atoms with Crippen molar-refractivity contribution in [2.45, 2.75) is 19.4 Å². The minimum absolute atomic E-state index is 0.205. The number of hydrogen-bond donors (Lipinski definition) is 2. The summed E-state index contributed by atoms with van der Waals surface area (Å²) < 4.78 is 5.48. The van der Waals surface area contributed by atoms with Crippen LogP contribution in [0.3, 0.4) is 0 Å². The van der Waals surface area contributed by atoms with Crippen molar-refractivity contribution in [1.29, 1.82) is 0 Å². The molecule has 0 aromatic heterocycles. The SMILES string of the molecule is CC1(C)COC(c2cccc(B(O)O)c2)=N1. The summed E-state index contributed by atoms with van der Waals surface area (Å²) in [7, 11) is -1.46. The number of ether oxygens (including phenoxy) is 1. The van der Waals surface area contributed by atoms with Crippen molar-refractivity contribution >= 4 is 18.5 Å². The lowest BCUT2D eigenvalue weighted by atomic mass is 9.79. The summed E-state index contributed by atoms with van der Waals surface area (Å²) in [6.07, 6.45) is 0. The molecule has 84 valence electrons. The van der Waals surface area contributed by atoms with Crippen LogP contribution in [-0.4, -0.2) is 35.2 Å². The van der Waals surface area contributed by atoms with E-state index in [1.165, 1.54) is 0 Å². The number of nitrogens with zero attached hydrogens (tertiary/aromatic N) is 1. The van der Waals surface area contributed by atoms with Gasteiger partial charge in [0.15, 0.2) is 0 Å². The van der Waals surface area contributed by atoms with Crippen LogP contribution in [0.4, 0.5) is 0 Å². The lowest BCUT2D eigenvalue weighted by Crippen LogP contribution is -2.30. The van der Waals surface area contributed by atoms with Gasteiger partial charge < -0.3 is 14.8 Å². The van der Waals surface area contributed by atoms with Gasteiger partial charge in [0.2, 0.25) is 5.90 Å². The maximum absolute atomic E-state index is 9.07. The van der Waals surface area contributed by atoms with E-state index in [0.29, 0.717) is 18.0 Å². The Hall–Kier alpha value is -1.33. The van der Waals surface area contributed by atoms with Crippen LogP contribution in [0.1, 0.15) is 19.4 Å². The lowest BCUT2D eigenvalue weighted by molar-refractivity contribution is 0.279. The smallest absolute Gasteiger partial charge is 0.475 e. The van der Waals surface area contributed by atoms with Gasteiger partial charge in [-0.1, -0.05) is 12.1 Å². The first-order valence-corrected chi connectivity index (χ1v) is 5.17. The van der Waals surface area contributed by atoms with Gasteiger partial charge in [0.1, 0.15) is 6.61 Å². The van der Waals surface area contributed by atoms with Crippen molar-refractivity contribution < 1.29 is 14.8 Å². The quantitative estimate of drug-likeness (QED) is 0.684. The molecular formula is C11H14BNO3. The fourth-order valence-corrected chi connectivity index (χ4v) is 1.56. The molecule has 0 fully saturated rings. The molecule has 0 saturated heterocycles. The Balaban J connectivity index is 2.32. The molecular weight excluding hydrogens is 205 g/mol. The Bertz CT molecular complexity index is 429. The number of aliphatic imine (C=N–C) groups is 1. The van der Waals surface area contributed by atoms with Crippen LogP contribution in [0.5, 0.6) is 0 Å². The second-order valence-electron chi connectivity index (χ2n) is 4.52. The molecule has 2 N–H and O–H groups in total. The first-order valence-electron chi connectivity index (χ1n) is 5.17. The summed E-state index contributed by atoms with van der Waals surface area (Å²) in [5.41, 5.74) is 1.01. The molecule has 0 bridgehead atoms. The number of benzene rings is 1. The molecule has 1 aromatic carbocycles. The van der Waals surface area contributed by atoms with Crippen molar-refractivity contribution in [1.82, 2.24) is 0 Å². The Morgan fingerprint density at radius 1 is 1.38 bits per heavy atom. The average molecular weight is 219 g/mol. The van der Waals surface area contributed by atoms with Crippen LogP contribution in [0, 0.1) is 0 Å².